The molecule has 1 aliphatic rings. The van der Waals surface area contributed by atoms with Crippen LogP contribution in [-0.4, -0.2) is 30.6 Å². The van der Waals surface area contributed by atoms with Crippen molar-refractivity contribution in [3.05, 3.63) is 59.7 Å². The van der Waals surface area contributed by atoms with Crippen molar-refractivity contribution in [2.24, 2.45) is 0 Å². The maximum atomic E-state index is 12.3. The van der Waals surface area contributed by atoms with E-state index in [2.05, 4.69) is 23.1 Å². The third kappa shape index (κ3) is 4.04. The van der Waals surface area contributed by atoms with Crippen LogP contribution in [-0.2, 0) is 11.3 Å². The minimum Gasteiger partial charge on any atom is -0.462 e. The molecule has 24 heavy (non-hydrogen) atoms. The number of ether oxygens (including phenoxy) is 1. The van der Waals surface area contributed by atoms with Gasteiger partial charge in [-0.1, -0.05) is 42.8 Å². The van der Waals surface area contributed by atoms with Crippen molar-refractivity contribution in [2.75, 3.05) is 19.7 Å². The highest BCUT2D eigenvalue weighted by atomic mass is 16.5. The molecule has 0 bridgehead atoms. The lowest BCUT2D eigenvalue weighted by molar-refractivity contribution is 0.0523. The van der Waals surface area contributed by atoms with E-state index in [0.29, 0.717) is 12.2 Å². The van der Waals surface area contributed by atoms with Crippen LogP contribution in [0.25, 0.3) is 11.1 Å². The molecule has 0 saturated carbocycles. The molecule has 0 amide bonds. The van der Waals surface area contributed by atoms with Crippen LogP contribution in [0.5, 0.6) is 0 Å². The maximum absolute atomic E-state index is 12.3. The van der Waals surface area contributed by atoms with Gasteiger partial charge in [0, 0.05) is 6.54 Å². The van der Waals surface area contributed by atoms with Crippen LogP contribution in [0.4, 0.5) is 0 Å². The molecule has 1 heterocycles. The number of hydrogen-bond donors (Lipinski definition) is 0. The lowest BCUT2D eigenvalue weighted by atomic mass is 9.98. The zero-order valence-electron chi connectivity index (χ0n) is 14.3. The van der Waals surface area contributed by atoms with E-state index in [1.165, 1.54) is 24.8 Å². The van der Waals surface area contributed by atoms with Gasteiger partial charge in [0.05, 0.1) is 12.2 Å². The molecule has 3 heteroatoms. The minimum atomic E-state index is -0.218. The molecule has 0 atom stereocenters. The summed E-state index contributed by atoms with van der Waals surface area (Å²) >= 11 is 0. The topological polar surface area (TPSA) is 29.5 Å². The molecule has 0 aliphatic carbocycles. The van der Waals surface area contributed by atoms with E-state index >= 15 is 0 Å². The first-order valence-electron chi connectivity index (χ1n) is 8.85. The number of likely N-dealkylation sites (tertiary alicyclic amines) is 1. The second kappa shape index (κ2) is 8.11. The Bertz CT molecular complexity index is 675. The quantitative estimate of drug-likeness (QED) is 0.758. The average Bonchev–Trinajstić information content (AvgIpc) is 2.63. The molecule has 0 aromatic heterocycles. The third-order valence-electron chi connectivity index (χ3n) is 4.55. The number of carbonyl (C=O) groups excluding carboxylic acids is 1. The fourth-order valence-corrected chi connectivity index (χ4v) is 3.30. The molecule has 0 unspecified atom stereocenters. The Morgan fingerprint density at radius 3 is 2.46 bits per heavy atom. The molecule has 3 nitrogen and oxygen atoms in total. The van der Waals surface area contributed by atoms with Gasteiger partial charge in [0.25, 0.3) is 0 Å². The molecule has 1 fully saturated rings. The zero-order chi connectivity index (χ0) is 16.8. The Morgan fingerprint density at radius 1 is 1.00 bits per heavy atom. The Kier molecular flexibility index (Phi) is 5.65. The van der Waals surface area contributed by atoms with Crippen LogP contribution in [0.1, 0.15) is 42.1 Å². The summed E-state index contributed by atoms with van der Waals surface area (Å²) < 4.78 is 5.25. The molecule has 0 radical (unpaired) electrons. The third-order valence-corrected chi connectivity index (χ3v) is 4.55. The lowest BCUT2D eigenvalue weighted by Crippen LogP contribution is -2.30. The SMILES string of the molecule is CCOC(=O)c1ccc(-c2ccccc2)cc1CN1CCCCC1. The minimum absolute atomic E-state index is 0.218. The van der Waals surface area contributed by atoms with Crippen molar-refractivity contribution < 1.29 is 9.53 Å². The van der Waals surface area contributed by atoms with Crippen molar-refractivity contribution in [3.63, 3.8) is 0 Å². The smallest absolute Gasteiger partial charge is 0.338 e. The first kappa shape index (κ1) is 16.7. The van der Waals surface area contributed by atoms with Crippen molar-refractivity contribution in [1.82, 2.24) is 4.90 Å². The predicted molar refractivity (Wildman–Crippen MR) is 97.0 cm³/mol. The molecule has 0 N–H and O–H groups in total. The van der Waals surface area contributed by atoms with Gasteiger partial charge in [-0.3, -0.25) is 4.90 Å². The van der Waals surface area contributed by atoms with E-state index in [1.54, 1.807) is 0 Å². The van der Waals surface area contributed by atoms with Crippen LogP contribution in [0.15, 0.2) is 48.5 Å². The van der Waals surface area contributed by atoms with E-state index in [-0.39, 0.29) is 5.97 Å². The Morgan fingerprint density at radius 2 is 1.75 bits per heavy atom. The Balaban J connectivity index is 1.92. The van der Waals surface area contributed by atoms with Gasteiger partial charge in [0.15, 0.2) is 0 Å². The van der Waals surface area contributed by atoms with Crippen LogP contribution in [0, 0.1) is 0 Å². The van der Waals surface area contributed by atoms with Crippen molar-refractivity contribution in [3.8, 4) is 11.1 Å². The highest BCUT2D eigenvalue weighted by Gasteiger charge is 2.17. The van der Waals surface area contributed by atoms with Crippen molar-refractivity contribution >= 4 is 5.97 Å². The number of piperidine rings is 1. The summed E-state index contributed by atoms with van der Waals surface area (Å²) in [6, 6.07) is 16.4. The van der Waals surface area contributed by atoms with Gasteiger partial charge >= 0.3 is 5.97 Å². The number of carbonyl (C=O) groups is 1. The lowest BCUT2D eigenvalue weighted by Gasteiger charge is -2.27. The van der Waals surface area contributed by atoms with Crippen LogP contribution < -0.4 is 0 Å². The van der Waals surface area contributed by atoms with Gasteiger partial charge in [-0.05, 0) is 61.7 Å². The standard InChI is InChI=1S/C21H25NO2/c1-2-24-21(23)20-12-11-18(17-9-5-3-6-10-17)15-19(20)16-22-13-7-4-8-14-22/h3,5-6,9-12,15H,2,4,7-8,13-14,16H2,1H3. The summed E-state index contributed by atoms with van der Waals surface area (Å²) in [6.45, 7) is 5.29. The second-order valence-corrected chi connectivity index (χ2v) is 6.30. The summed E-state index contributed by atoms with van der Waals surface area (Å²) in [5, 5.41) is 0. The van der Waals surface area contributed by atoms with Gasteiger partial charge in [-0.25, -0.2) is 4.79 Å². The first-order valence-corrected chi connectivity index (χ1v) is 8.85. The second-order valence-electron chi connectivity index (χ2n) is 6.30. The van der Waals surface area contributed by atoms with E-state index in [0.717, 1.165) is 30.8 Å². The number of nitrogens with zero attached hydrogens (tertiary/aromatic N) is 1. The van der Waals surface area contributed by atoms with E-state index < -0.39 is 0 Å². The van der Waals surface area contributed by atoms with Crippen LogP contribution >= 0.6 is 0 Å². The van der Waals surface area contributed by atoms with Gasteiger partial charge in [-0.2, -0.15) is 0 Å². The summed E-state index contributed by atoms with van der Waals surface area (Å²) in [5.41, 5.74) is 4.09. The first-order chi connectivity index (χ1) is 11.8. The van der Waals surface area contributed by atoms with E-state index in [9.17, 15) is 4.79 Å². The number of hydrogen-bond acceptors (Lipinski definition) is 3. The monoisotopic (exact) mass is 323 g/mol. The number of benzene rings is 2. The normalized spacial score (nSPS) is 15.2. The molecule has 2 aromatic rings. The summed E-state index contributed by atoms with van der Waals surface area (Å²) in [4.78, 5) is 14.8. The summed E-state index contributed by atoms with van der Waals surface area (Å²) in [7, 11) is 0. The van der Waals surface area contributed by atoms with E-state index in [4.69, 9.17) is 4.74 Å². The fourth-order valence-electron chi connectivity index (χ4n) is 3.30. The van der Waals surface area contributed by atoms with Crippen molar-refractivity contribution in [2.45, 2.75) is 32.7 Å². The molecule has 1 saturated heterocycles. The molecule has 2 aromatic carbocycles. The van der Waals surface area contributed by atoms with Crippen LogP contribution in [0.2, 0.25) is 0 Å². The van der Waals surface area contributed by atoms with Gasteiger partial charge < -0.3 is 4.74 Å². The molecule has 3 rings (SSSR count). The summed E-state index contributed by atoms with van der Waals surface area (Å²) in [6.07, 6.45) is 3.80. The highest BCUT2D eigenvalue weighted by molar-refractivity contribution is 5.92. The largest absolute Gasteiger partial charge is 0.462 e. The molecule has 0 spiro atoms. The molecular weight excluding hydrogens is 298 g/mol. The molecular formula is C21H25NO2. The van der Waals surface area contributed by atoms with Gasteiger partial charge in [0.1, 0.15) is 0 Å². The zero-order valence-corrected chi connectivity index (χ0v) is 14.3. The fraction of sp³-hybridized carbons (Fsp3) is 0.381. The number of esters is 1. The predicted octanol–water partition coefficient (Wildman–Crippen LogP) is 4.52. The maximum Gasteiger partial charge on any atom is 0.338 e. The number of rotatable bonds is 5. The van der Waals surface area contributed by atoms with Gasteiger partial charge in [0.2, 0.25) is 0 Å². The van der Waals surface area contributed by atoms with Crippen LogP contribution in [0.3, 0.4) is 0 Å². The highest BCUT2D eigenvalue weighted by Crippen LogP contribution is 2.25. The van der Waals surface area contributed by atoms with Gasteiger partial charge in [-0.15, -0.1) is 0 Å². The molecule has 1 aliphatic heterocycles. The molecule has 126 valence electrons. The van der Waals surface area contributed by atoms with E-state index in [1.807, 2.05) is 37.3 Å². The Hall–Kier alpha value is -2.13. The average molecular weight is 323 g/mol. The Labute approximate surface area is 144 Å². The van der Waals surface area contributed by atoms with Crippen molar-refractivity contribution in [1.29, 1.82) is 0 Å². The summed E-state index contributed by atoms with van der Waals surface area (Å²) in [5.74, 6) is -0.218.